The van der Waals surface area contributed by atoms with Crippen LogP contribution >= 0.6 is 0 Å². The Morgan fingerprint density at radius 1 is 1.24 bits per heavy atom. The third-order valence-electron chi connectivity index (χ3n) is 3.70. The lowest BCUT2D eigenvalue weighted by molar-refractivity contribution is 0.112. The molecule has 1 heterocycles. The number of hydrogen-bond donors (Lipinski definition) is 0. The van der Waals surface area contributed by atoms with E-state index in [1.165, 1.54) is 25.9 Å². The molecule has 0 saturated carbocycles. The summed E-state index contributed by atoms with van der Waals surface area (Å²) < 4.78 is 11.4. The van der Waals surface area contributed by atoms with Crippen LogP contribution in [0.25, 0.3) is 0 Å². The summed E-state index contributed by atoms with van der Waals surface area (Å²) >= 11 is 0. The van der Waals surface area contributed by atoms with Crippen LogP contribution in [0.3, 0.4) is 0 Å². The molecule has 1 unspecified atom stereocenters. The summed E-state index contributed by atoms with van der Waals surface area (Å²) in [5.74, 6) is 1.84. The van der Waals surface area contributed by atoms with Gasteiger partial charge in [-0.25, -0.2) is 0 Å². The zero-order chi connectivity index (χ0) is 15.1. The van der Waals surface area contributed by atoms with Crippen LogP contribution in [0.5, 0.6) is 11.5 Å². The molecular formula is C17H25NO3. The number of carbonyl (C=O) groups excluding carboxylic acids is 1. The van der Waals surface area contributed by atoms with Gasteiger partial charge in [0.1, 0.15) is 6.29 Å². The molecule has 2 rings (SSSR count). The average Bonchev–Trinajstić information content (AvgIpc) is 2.99. The molecule has 21 heavy (non-hydrogen) atoms. The maximum absolute atomic E-state index is 10.8. The lowest BCUT2D eigenvalue weighted by Crippen LogP contribution is -2.28. The van der Waals surface area contributed by atoms with Crippen molar-refractivity contribution in [3.8, 4) is 11.5 Å². The van der Waals surface area contributed by atoms with Gasteiger partial charge in [-0.05, 0) is 51.1 Å². The first-order chi connectivity index (χ1) is 10.2. The second-order valence-electron chi connectivity index (χ2n) is 5.68. The summed E-state index contributed by atoms with van der Waals surface area (Å²) in [6.07, 6.45) is 3.45. The first kappa shape index (κ1) is 15.8. The minimum absolute atomic E-state index is 0.475. The summed E-state index contributed by atoms with van der Waals surface area (Å²) in [7, 11) is 0. The second-order valence-corrected chi connectivity index (χ2v) is 5.68. The quantitative estimate of drug-likeness (QED) is 0.690. The molecule has 0 amide bonds. The lowest BCUT2D eigenvalue weighted by atomic mass is 10.2. The van der Waals surface area contributed by atoms with Gasteiger partial charge in [-0.1, -0.05) is 6.92 Å². The van der Waals surface area contributed by atoms with Crippen molar-refractivity contribution >= 4 is 6.29 Å². The van der Waals surface area contributed by atoms with Crippen molar-refractivity contribution in [2.45, 2.75) is 26.7 Å². The first-order valence-electron chi connectivity index (χ1n) is 7.80. The number of likely N-dealkylation sites (tertiary alicyclic amines) is 1. The van der Waals surface area contributed by atoms with Gasteiger partial charge in [0.15, 0.2) is 11.5 Å². The van der Waals surface area contributed by atoms with Crippen molar-refractivity contribution in [2.24, 2.45) is 5.92 Å². The van der Waals surface area contributed by atoms with Gasteiger partial charge in [-0.3, -0.25) is 4.79 Å². The highest BCUT2D eigenvalue weighted by Gasteiger charge is 2.15. The van der Waals surface area contributed by atoms with Gasteiger partial charge >= 0.3 is 0 Å². The molecule has 1 aliphatic rings. The Morgan fingerprint density at radius 3 is 2.67 bits per heavy atom. The smallest absolute Gasteiger partial charge is 0.161 e. The van der Waals surface area contributed by atoms with E-state index < -0.39 is 0 Å². The fraction of sp³-hybridized carbons (Fsp3) is 0.588. The molecular weight excluding hydrogens is 266 g/mol. The standard InChI is InChI=1S/C17H25NO3/c1-3-20-17-10-15(12-19)6-7-16(17)21-13-14(2)11-18-8-4-5-9-18/h6-7,10,12,14H,3-5,8-9,11,13H2,1-2H3. The Hall–Kier alpha value is -1.55. The summed E-state index contributed by atoms with van der Waals surface area (Å²) in [6.45, 7) is 8.85. The molecule has 0 aromatic heterocycles. The minimum atomic E-state index is 0.475. The Morgan fingerprint density at radius 2 is 2.00 bits per heavy atom. The number of carbonyl (C=O) groups is 1. The molecule has 0 N–H and O–H groups in total. The van der Waals surface area contributed by atoms with Gasteiger partial charge in [0.2, 0.25) is 0 Å². The van der Waals surface area contributed by atoms with E-state index in [2.05, 4.69) is 11.8 Å². The average molecular weight is 291 g/mol. The fourth-order valence-electron chi connectivity index (χ4n) is 2.68. The molecule has 0 aliphatic carbocycles. The molecule has 4 heteroatoms. The van der Waals surface area contributed by atoms with Crippen LogP contribution in [-0.4, -0.2) is 44.0 Å². The predicted molar refractivity (Wildman–Crippen MR) is 83.3 cm³/mol. The molecule has 1 aromatic carbocycles. The van der Waals surface area contributed by atoms with Crippen molar-refractivity contribution in [3.05, 3.63) is 23.8 Å². The highest BCUT2D eigenvalue weighted by atomic mass is 16.5. The fourth-order valence-corrected chi connectivity index (χ4v) is 2.68. The number of ether oxygens (including phenoxy) is 2. The zero-order valence-electron chi connectivity index (χ0n) is 13.0. The van der Waals surface area contributed by atoms with E-state index in [0.29, 0.717) is 30.4 Å². The van der Waals surface area contributed by atoms with E-state index in [0.717, 1.165) is 18.6 Å². The topological polar surface area (TPSA) is 38.8 Å². The van der Waals surface area contributed by atoms with Gasteiger partial charge in [0.05, 0.1) is 13.2 Å². The molecule has 0 spiro atoms. The molecule has 116 valence electrons. The molecule has 1 saturated heterocycles. The Balaban J connectivity index is 1.90. The van der Waals surface area contributed by atoms with Crippen LogP contribution in [0.4, 0.5) is 0 Å². The molecule has 1 aliphatic heterocycles. The minimum Gasteiger partial charge on any atom is -0.490 e. The Kier molecular flexibility index (Phi) is 6.05. The number of hydrogen-bond acceptors (Lipinski definition) is 4. The van der Waals surface area contributed by atoms with Crippen molar-refractivity contribution in [2.75, 3.05) is 32.8 Å². The largest absolute Gasteiger partial charge is 0.490 e. The van der Waals surface area contributed by atoms with Crippen molar-refractivity contribution in [1.82, 2.24) is 4.90 Å². The third-order valence-corrected chi connectivity index (χ3v) is 3.70. The summed E-state index contributed by atoms with van der Waals surface area (Å²) in [5.41, 5.74) is 0.607. The lowest BCUT2D eigenvalue weighted by Gasteiger charge is -2.21. The first-order valence-corrected chi connectivity index (χ1v) is 7.80. The second kappa shape index (κ2) is 8.03. The van der Waals surface area contributed by atoms with E-state index in [9.17, 15) is 4.79 Å². The van der Waals surface area contributed by atoms with Crippen LogP contribution in [0.15, 0.2) is 18.2 Å². The predicted octanol–water partition coefficient (Wildman–Crippen LogP) is 3.01. The summed E-state index contributed by atoms with van der Waals surface area (Å²) in [6, 6.07) is 5.31. The number of aldehydes is 1. The van der Waals surface area contributed by atoms with Gasteiger partial charge in [-0.15, -0.1) is 0 Å². The van der Waals surface area contributed by atoms with E-state index in [4.69, 9.17) is 9.47 Å². The molecule has 1 fully saturated rings. The third kappa shape index (κ3) is 4.74. The zero-order valence-corrected chi connectivity index (χ0v) is 13.0. The molecule has 0 bridgehead atoms. The highest BCUT2D eigenvalue weighted by molar-refractivity contribution is 5.76. The van der Waals surface area contributed by atoms with Crippen LogP contribution in [0.2, 0.25) is 0 Å². The van der Waals surface area contributed by atoms with E-state index in [1.807, 2.05) is 13.0 Å². The number of nitrogens with zero attached hydrogens (tertiary/aromatic N) is 1. The van der Waals surface area contributed by atoms with Crippen molar-refractivity contribution in [3.63, 3.8) is 0 Å². The molecule has 1 atom stereocenters. The van der Waals surface area contributed by atoms with E-state index >= 15 is 0 Å². The molecule has 4 nitrogen and oxygen atoms in total. The monoisotopic (exact) mass is 291 g/mol. The van der Waals surface area contributed by atoms with Gasteiger partial charge < -0.3 is 14.4 Å². The normalized spacial score (nSPS) is 16.7. The van der Waals surface area contributed by atoms with Crippen LogP contribution in [0.1, 0.15) is 37.0 Å². The number of rotatable bonds is 8. The Bertz CT molecular complexity index is 455. The highest BCUT2D eigenvalue weighted by Crippen LogP contribution is 2.28. The van der Waals surface area contributed by atoms with Crippen LogP contribution < -0.4 is 9.47 Å². The van der Waals surface area contributed by atoms with E-state index in [-0.39, 0.29) is 0 Å². The van der Waals surface area contributed by atoms with E-state index in [1.54, 1.807) is 12.1 Å². The summed E-state index contributed by atoms with van der Waals surface area (Å²) in [5, 5.41) is 0. The molecule has 1 aromatic rings. The number of benzene rings is 1. The van der Waals surface area contributed by atoms with Crippen molar-refractivity contribution in [1.29, 1.82) is 0 Å². The maximum Gasteiger partial charge on any atom is 0.161 e. The van der Waals surface area contributed by atoms with Crippen molar-refractivity contribution < 1.29 is 14.3 Å². The van der Waals surface area contributed by atoms with Crippen LogP contribution in [0, 0.1) is 5.92 Å². The maximum atomic E-state index is 10.8. The Labute approximate surface area is 127 Å². The van der Waals surface area contributed by atoms with Crippen LogP contribution in [-0.2, 0) is 0 Å². The summed E-state index contributed by atoms with van der Waals surface area (Å²) in [4.78, 5) is 13.3. The van der Waals surface area contributed by atoms with Gasteiger partial charge in [0, 0.05) is 18.0 Å². The van der Waals surface area contributed by atoms with Gasteiger partial charge in [-0.2, -0.15) is 0 Å². The molecule has 0 radical (unpaired) electrons. The van der Waals surface area contributed by atoms with Gasteiger partial charge in [0.25, 0.3) is 0 Å². The SMILES string of the molecule is CCOc1cc(C=O)ccc1OCC(C)CN1CCCC1.